The van der Waals surface area contributed by atoms with Crippen molar-refractivity contribution in [3.05, 3.63) is 42.2 Å². The fourth-order valence-electron chi connectivity index (χ4n) is 1.67. The Balaban J connectivity index is 2.46. The normalized spacial score (nSPS) is 10.1. The van der Waals surface area contributed by atoms with Crippen LogP contribution in [0, 0.1) is 0 Å². The van der Waals surface area contributed by atoms with E-state index in [1.807, 2.05) is 0 Å². The van der Waals surface area contributed by atoms with Crippen LogP contribution in [0.2, 0.25) is 0 Å². The molecule has 2 aromatic rings. The van der Waals surface area contributed by atoms with Crippen LogP contribution in [-0.2, 0) is 0 Å². The van der Waals surface area contributed by atoms with Crippen molar-refractivity contribution in [1.82, 2.24) is 0 Å². The highest BCUT2D eigenvalue weighted by molar-refractivity contribution is 6.04. The summed E-state index contributed by atoms with van der Waals surface area (Å²) in [5.74, 6) is 0.496. The van der Waals surface area contributed by atoms with Crippen LogP contribution < -0.4 is 11.1 Å². The summed E-state index contributed by atoms with van der Waals surface area (Å²) >= 11 is 0. The summed E-state index contributed by atoms with van der Waals surface area (Å²) in [5.41, 5.74) is 6.60. The molecule has 2 amide bonds. The molecule has 3 N–H and O–H groups in total. The summed E-state index contributed by atoms with van der Waals surface area (Å²) in [7, 11) is 0. The maximum absolute atomic E-state index is 11.5. The molecule has 0 saturated carbocycles. The number of rotatable bonds is 3. The first kappa shape index (κ1) is 11.9. The molecule has 0 saturated heterocycles. The van der Waals surface area contributed by atoms with Gasteiger partial charge in [-0.25, -0.2) is 4.79 Å². The van der Waals surface area contributed by atoms with Crippen LogP contribution in [-0.4, -0.2) is 11.8 Å². The van der Waals surface area contributed by atoms with Gasteiger partial charge >= 0.3 is 6.03 Å². The lowest BCUT2D eigenvalue weighted by Gasteiger charge is -2.08. The number of primary amides is 1. The molecule has 1 aromatic heterocycles. The van der Waals surface area contributed by atoms with E-state index in [4.69, 9.17) is 10.2 Å². The van der Waals surface area contributed by atoms with E-state index in [1.54, 1.807) is 36.6 Å². The van der Waals surface area contributed by atoms with E-state index in [-0.39, 0.29) is 5.78 Å². The van der Waals surface area contributed by atoms with Crippen molar-refractivity contribution >= 4 is 17.5 Å². The van der Waals surface area contributed by atoms with Crippen molar-refractivity contribution in [2.45, 2.75) is 6.92 Å². The number of nitrogens with one attached hydrogen (secondary N) is 1. The first-order valence-electron chi connectivity index (χ1n) is 5.33. The lowest BCUT2D eigenvalue weighted by Crippen LogP contribution is -2.20. The summed E-state index contributed by atoms with van der Waals surface area (Å²) in [5, 5.41) is 2.41. The van der Waals surface area contributed by atoms with Gasteiger partial charge in [0, 0.05) is 11.1 Å². The number of hydrogen-bond donors (Lipinski definition) is 2. The molecule has 0 radical (unpaired) electrons. The van der Waals surface area contributed by atoms with Crippen LogP contribution in [0.4, 0.5) is 10.5 Å². The standard InChI is InChI=1S/C13H12N2O3/c1-8(16)10-7-9(12-3-2-6-18-12)4-5-11(10)15-13(14)17/h2-7H,1H3,(H3,14,15,17). The highest BCUT2D eigenvalue weighted by Crippen LogP contribution is 2.26. The van der Waals surface area contributed by atoms with Gasteiger partial charge in [-0.3, -0.25) is 4.79 Å². The minimum absolute atomic E-state index is 0.160. The minimum Gasteiger partial charge on any atom is -0.464 e. The Bertz CT molecular complexity index is 588. The zero-order chi connectivity index (χ0) is 13.1. The van der Waals surface area contributed by atoms with Crippen molar-refractivity contribution in [3.63, 3.8) is 0 Å². The predicted octanol–water partition coefficient (Wildman–Crippen LogP) is 2.64. The van der Waals surface area contributed by atoms with Gasteiger partial charge in [-0.05, 0) is 37.3 Å². The molecular weight excluding hydrogens is 232 g/mol. The molecule has 0 fully saturated rings. The summed E-state index contributed by atoms with van der Waals surface area (Å²) < 4.78 is 5.25. The number of anilines is 1. The predicted molar refractivity (Wildman–Crippen MR) is 67.4 cm³/mol. The fourth-order valence-corrected chi connectivity index (χ4v) is 1.67. The number of furan rings is 1. The smallest absolute Gasteiger partial charge is 0.316 e. The topological polar surface area (TPSA) is 85.3 Å². The summed E-state index contributed by atoms with van der Waals surface area (Å²) in [6.07, 6.45) is 1.55. The molecule has 0 aliphatic heterocycles. The number of urea groups is 1. The maximum atomic E-state index is 11.5. The maximum Gasteiger partial charge on any atom is 0.316 e. The van der Waals surface area contributed by atoms with E-state index in [9.17, 15) is 9.59 Å². The Morgan fingerprint density at radius 2 is 2.06 bits per heavy atom. The third-order valence-electron chi connectivity index (χ3n) is 2.46. The quantitative estimate of drug-likeness (QED) is 0.814. The molecule has 0 atom stereocenters. The van der Waals surface area contributed by atoms with E-state index in [2.05, 4.69) is 5.32 Å². The van der Waals surface area contributed by atoms with Crippen molar-refractivity contribution in [2.75, 3.05) is 5.32 Å². The summed E-state index contributed by atoms with van der Waals surface area (Å²) in [6.45, 7) is 1.42. The zero-order valence-corrected chi connectivity index (χ0v) is 9.77. The molecule has 1 heterocycles. The molecule has 5 nitrogen and oxygen atoms in total. The molecule has 0 spiro atoms. The van der Waals surface area contributed by atoms with E-state index < -0.39 is 6.03 Å². The fraction of sp³-hybridized carbons (Fsp3) is 0.0769. The van der Waals surface area contributed by atoms with Crippen LogP contribution >= 0.6 is 0 Å². The third-order valence-corrected chi connectivity index (χ3v) is 2.46. The van der Waals surface area contributed by atoms with E-state index in [0.29, 0.717) is 17.0 Å². The van der Waals surface area contributed by atoms with Crippen LogP contribution in [0.25, 0.3) is 11.3 Å². The van der Waals surface area contributed by atoms with E-state index >= 15 is 0 Å². The number of hydrogen-bond acceptors (Lipinski definition) is 3. The monoisotopic (exact) mass is 244 g/mol. The highest BCUT2D eigenvalue weighted by atomic mass is 16.3. The van der Waals surface area contributed by atoms with Crippen molar-refractivity contribution in [3.8, 4) is 11.3 Å². The SMILES string of the molecule is CC(=O)c1cc(-c2ccco2)ccc1NC(N)=O. The molecule has 92 valence electrons. The summed E-state index contributed by atoms with van der Waals surface area (Å²) in [6, 6.07) is 7.88. The third kappa shape index (κ3) is 2.40. The second-order valence-corrected chi connectivity index (χ2v) is 3.78. The first-order chi connectivity index (χ1) is 8.58. The van der Waals surface area contributed by atoms with Crippen molar-refractivity contribution < 1.29 is 14.0 Å². The molecule has 0 aliphatic rings. The van der Waals surface area contributed by atoms with Crippen LogP contribution in [0.1, 0.15) is 17.3 Å². The number of benzene rings is 1. The van der Waals surface area contributed by atoms with E-state index in [1.165, 1.54) is 6.92 Å². The van der Waals surface area contributed by atoms with Gasteiger partial charge in [-0.15, -0.1) is 0 Å². The van der Waals surface area contributed by atoms with E-state index in [0.717, 1.165) is 5.56 Å². The van der Waals surface area contributed by atoms with Crippen LogP contribution in [0.3, 0.4) is 0 Å². The van der Waals surface area contributed by atoms with Gasteiger partial charge in [0.15, 0.2) is 5.78 Å². The second kappa shape index (κ2) is 4.75. The molecular formula is C13H12N2O3. The Kier molecular flexibility index (Phi) is 3.14. The molecule has 0 aliphatic carbocycles. The first-order valence-corrected chi connectivity index (χ1v) is 5.33. The van der Waals surface area contributed by atoms with Crippen molar-refractivity contribution in [2.24, 2.45) is 5.73 Å². The van der Waals surface area contributed by atoms with Crippen molar-refractivity contribution in [1.29, 1.82) is 0 Å². The minimum atomic E-state index is -0.705. The van der Waals surface area contributed by atoms with Crippen LogP contribution in [0.15, 0.2) is 41.0 Å². The average molecular weight is 244 g/mol. The largest absolute Gasteiger partial charge is 0.464 e. The zero-order valence-electron chi connectivity index (χ0n) is 9.77. The number of carbonyl (C=O) groups is 2. The molecule has 5 heteroatoms. The molecule has 0 bridgehead atoms. The number of amides is 2. The lowest BCUT2D eigenvalue weighted by molar-refractivity contribution is 0.101. The Morgan fingerprint density at radius 3 is 2.61 bits per heavy atom. The number of ketones is 1. The average Bonchev–Trinajstić information content (AvgIpc) is 2.82. The molecule has 1 aromatic carbocycles. The van der Waals surface area contributed by atoms with Gasteiger partial charge in [0.25, 0.3) is 0 Å². The molecule has 2 rings (SSSR count). The number of carbonyl (C=O) groups excluding carboxylic acids is 2. The Morgan fingerprint density at radius 1 is 1.28 bits per heavy atom. The highest BCUT2D eigenvalue weighted by Gasteiger charge is 2.11. The number of nitrogens with two attached hydrogens (primary N) is 1. The summed E-state index contributed by atoms with van der Waals surface area (Å²) in [4.78, 5) is 22.4. The van der Waals surface area contributed by atoms with Gasteiger partial charge in [0.1, 0.15) is 5.76 Å². The second-order valence-electron chi connectivity index (χ2n) is 3.78. The Hall–Kier alpha value is -2.56. The molecule has 0 unspecified atom stereocenters. The van der Waals surface area contributed by atoms with Gasteiger partial charge in [0.2, 0.25) is 0 Å². The van der Waals surface area contributed by atoms with Gasteiger partial charge in [-0.2, -0.15) is 0 Å². The Labute approximate surface area is 104 Å². The molecule has 18 heavy (non-hydrogen) atoms. The van der Waals surface area contributed by atoms with Gasteiger partial charge in [-0.1, -0.05) is 0 Å². The van der Waals surface area contributed by atoms with Crippen LogP contribution in [0.5, 0.6) is 0 Å². The van der Waals surface area contributed by atoms with Gasteiger partial charge in [0.05, 0.1) is 12.0 Å². The van der Waals surface area contributed by atoms with Gasteiger partial charge < -0.3 is 15.5 Å². The number of Topliss-reactive ketones (excluding diaryl/α,β-unsaturated/α-hetero) is 1. The lowest BCUT2D eigenvalue weighted by atomic mass is 10.0.